The highest BCUT2D eigenvalue weighted by Gasteiger charge is 2.02. The summed E-state index contributed by atoms with van der Waals surface area (Å²) in [6.07, 6.45) is 2.54. The first-order chi connectivity index (χ1) is 7.80. The largest absolute Gasteiger partial charge is 0.497 e. The van der Waals surface area contributed by atoms with Crippen LogP contribution in [-0.4, -0.2) is 25.1 Å². The van der Waals surface area contributed by atoms with Gasteiger partial charge in [-0.2, -0.15) is 0 Å². The first-order valence-electron chi connectivity index (χ1n) is 6.15. The van der Waals surface area contributed by atoms with Gasteiger partial charge in [0.1, 0.15) is 5.75 Å². The molecule has 0 saturated carbocycles. The lowest BCUT2D eigenvalue weighted by molar-refractivity contribution is 0.275. The molecule has 2 nitrogen and oxygen atoms in total. The third-order valence-corrected chi connectivity index (χ3v) is 2.84. The Labute approximate surface area is 99.2 Å². The van der Waals surface area contributed by atoms with Gasteiger partial charge in [-0.1, -0.05) is 32.4 Å². The summed E-state index contributed by atoms with van der Waals surface area (Å²) in [6, 6.07) is 8.35. The van der Waals surface area contributed by atoms with Gasteiger partial charge in [-0.05, 0) is 37.2 Å². The van der Waals surface area contributed by atoms with Crippen LogP contribution < -0.4 is 4.74 Å². The number of hydrogen-bond acceptors (Lipinski definition) is 2. The average molecular weight is 221 g/mol. The van der Waals surface area contributed by atoms with Crippen LogP contribution >= 0.6 is 0 Å². The molecule has 0 fully saturated rings. The molecule has 0 bridgehead atoms. The smallest absolute Gasteiger partial charge is 0.118 e. The van der Waals surface area contributed by atoms with Crippen molar-refractivity contribution < 1.29 is 4.74 Å². The van der Waals surface area contributed by atoms with Crippen molar-refractivity contribution in [2.45, 2.75) is 33.2 Å². The summed E-state index contributed by atoms with van der Waals surface area (Å²) in [4.78, 5) is 2.48. The van der Waals surface area contributed by atoms with Crippen molar-refractivity contribution in [2.75, 3.05) is 20.2 Å². The molecule has 0 atom stereocenters. The Bertz CT molecular complexity index is 281. The Balaban J connectivity index is 2.49. The van der Waals surface area contributed by atoms with Crippen LogP contribution in [0.1, 0.15) is 32.3 Å². The van der Waals surface area contributed by atoms with Gasteiger partial charge in [-0.25, -0.2) is 0 Å². The molecule has 0 N–H and O–H groups in total. The lowest BCUT2D eigenvalue weighted by Crippen LogP contribution is -2.23. The molecule has 0 unspecified atom stereocenters. The van der Waals surface area contributed by atoms with E-state index in [1.54, 1.807) is 7.11 Å². The second-order valence-corrected chi connectivity index (χ2v) is 4.07. The molecule has 0 aliphatic rings. The predicted octanol–water partition coefficient (Wildman–Crippen LogP) is 3.32. The molecule has 16 heavy (non-hydrogen) atoms. The summed E-state index contributed by atoms with van der Waals surface area (Å²) < 4.78 is 5.15. The van der Waals surface area contributed by atoms with Crippen LogP contribution in [0.4, 0.5) is 0 Å². The predicted molar refractivity (Wildman–Crippen MR) is 68.9 cm³/mol. The summed E-state index contributed by atoms with van der Waals surface area (Å²) in [5, 5.41) is 0. The second kappa shape index (κ2) is 7.29. The number of methoxy groups -OCH3 is 1. The topological polar surface area (TPSA) is 12.5 Å². The minimum atomic E-state index is 0.931. The minimum absolute atomic E-state index is 0.931. The fraction of sp³-hybridized carbons (Fsp3) is 0.571. The summed E-state index contributed by atoms with van der Waals surface area (Å²) in [6.45, 7) is 7.81. The number of benzene rings is 1. The van der Waals surface area contributed by atoms with Gasteiger partial charge < -0.3 is 4.74 Å². The fourth-order valence-corrected chi connectivity index (χ4v) is 1.72. The summed E-state index contributed by atoms with van der Waals surface area (Å²) in [5.41, 5.74) is 1.36. The molecular formula is C14H23NO. The second-order valence-electron chi connectivity index (χ2n) is 4.07. The Morgan fingerprint density at radius 1 is 1.12 bits per heavy atom. The fourth-order valence-electron chi connectivity index (χ4n) is 1.72. The van der Waals surface area contributed by atoms with Gasteiger partial charge in [0, 0.05) is 6.54 Å². The van der Waals surface area contributed by atoms with Crippen molar-refractivity contribution in [1.82, 2.24) is 4.90 Å². The molecule has 90 valence electrons. The molecule has 0 amide bonds. The average Bonchev–Trinajstić information content (AvgIpc) is 2.35. The number of rotatable bonds is 7. The SMILES string of the molecule is CCCCN(CC)Cc1ccc(OC)cc1. The van der Waals surface area contributed by atoms with E-state index in [0.29, 0.717) is 0 Å². The molecule has 1 aromatic carbocycles. The first kappa shape index (κ1) is 13.0. The molecule has 0 spiro atoms. The van der Waals surface area contributed by atoms with Gasteiger partial charge in [-0.15, -0.1) is 0 Å². The number of nitrogens with zero attached hydrogens (tertiary/aromatic N) is 1. The highest BCUT2D eigenvalue weighted by atomic mass is 16.5. The van der Waals surface area contributed by atoms with E-state index in [-0.39, 0.29) is 0 Å². The van der Waals surface area contributed by atoms with Gasteiger partial charge in [0.25, 0.3) is 0 Å². The molecule has 0 aliphatic carbocycles. The van der Waals surface area contributed by atoms with Crippen molar-refractivity contribution in [3.05, 3.63) is 29.8 Å². The Morgan fingerprint density at radius 2 is 1.81 bits per heavy atom. The van der Waals surface area contributed by atoms with E-state index in [0.717, 1.165) is 18.8 Å². The number of hydrogen-bond donors (Lipinski definition) is 0. The van der Waals surface area contributed by atoms with Crippen LogP contribution in [0.2, 0.25) is 0 Å². The third-order valence-electron chi connectivity index (χ3n) is 2.84. The zero-order chi connectivity index (χ0) is 11.8. The van der Waals surface area contributed by atoms with Crippen LogP contribution in [0.15, 0.2) is 24.3 Å². The Kier molecular flexibility index (Phi) is 5.94. The zero-order valence-corrected chi connectivity index (χ0v) is 10.7. The molecule has 0 radical (unpaired) electrons. The Morgan fingerprint density at radius 3 is 2.31 bits per heavy atom. The van der Waals surface area contributed by atoms with Crippen molar-refractivity contribution in [3.63, 3.8) is 0 Å². The van der Waals surface area contributed by atoms with Crippen LogP contribution in [-0.2, 0) is 6.54 Å². The standard InChI is InChI=1S/C14H23NO/c1-4-6-11-15(5-2)12-13-7-9-14(16-3)10-8-13/h7-10H,4-6,11-12H2,1-3H3. The normalized spacial score (nSPS) is 10.8. The van der Waals surface area contributed by atoms with Crippen molar-refractivity contribution in [2.24, 2.45) is 0 Å². The molecule has 0 saturated heterocycles. The lowest BCUT2D eigenvalue weighted by atomic mass is 10.2. The van der Waals surface area contributed by atoms with Gasteiger partial charge in [0.2, 0.25) is 0 Å². The van der Waals surface area contributed by atoms with Crippen molar-refractivity contribution >= 4 is 0 Å². The van der Waals surface area contributed by atoms with Crippen LogP contribution in [0.5, 0.6) is 5.75 Å². The van der Waals surface area contributed by atoms with E-state index in [4.69, 9.17) is 4.74 Å². The number of ether oxygens (including phenoxy) is 1. The monoisotopic (exact) mass is 221 g/mol. The van der Waals surface area contributed by atoms with Crippen LogP contribution in [0.3, 0.4) is 0 Å². The maximum atomic E-state index is 5.15. The number of unbranched alkanes of at least 4 members (excludes halogenated alkanes) is 1. The maximum absolute atomic E-state index is 5.15. The van der Waals surface area contributed by atoms with E-state index >= 15 is 0 Å². The molecule has 0 aromatic heterocycles. The Hall–Kier alpha value is -1.02. The van der Waals surface area contributed by atoms with E-state index in [2.05, 4.69) is 30.9 Å². The molecular weight excluding hydrogens is 198 g/mol. The highest BCUT2D eigenvalue weighted by Crippen LogP contribution is 2.13. The van der Waals surface area contributed by atoms with Crippen LogP contribution in [0, 0.1) is 0 Å². The quantitative estimate of drug-likeness (QED) is 0.700. The van der Waals surface area contributed by atoms with E-state index < -0.39 is 0 Å². The first-order valence-corrected chi connectivity index (χ1v) is 6.15. The van der Waals surface area contributed by atoms with Gasteiger partial charge in [0.05, 0.1) is 7.11 Å². The molecule has 1 aromatic rings. The van der Waals surface area contributed by atoms with Gasteiger partial charge >= 0.3 is 0 Å². The van der Waals surface area contributed by atoms with E-state index in [9.17, 15) is 0 Å². The lowest BCUT2D eigenvalue weighted by Gasteiger charge is -2.20. The van der Waals surface area contributed by atoms with Crippen LogP contribution in [0.25, 0.3) is 0 Å². The summed E-state index contributed by atoms with van der Waals surface area (Å²) in [7, 11) is 1.70. The molecule has 1 rings (SSSR count). The highest BCUT2D eigenvalue weighted by molar-refractivity contribution is 5.27. The summed E-state index contributed by atoms with van der Waals surface area (Å²) >= 11 is 0. The maximum Gasteiger partial charge on any atom is 0.118 e. The third kappa shape index (κ3) is 4.23. The minimum Gasteiger partial charge on any atom is -0.497 e. The van der Waals surface area contributed by atoms with Gasteiger partial charge in [0.15, 0.2) is 0 Å². The summed E-state index contributed by atoms with van der Waals surface area (Å²) in [5.74, 6) is 0.931. The molecule has 0 heterocycles. The van der Waals surface area contributed by atoms with Gasteiger partial charge in [-0.3, -0.25) is 4.90 Å². The van der Waals surface area contributed by atoms with E-state index in [1.165, 1.54) is 24.9 Å². The van der Waals surface area contributed by atoms with Crippen molar-refractivity contribution in [3.8, 4) is 5.75 Å². The molecule has 0 aliphatic heterocycles. The van der Waals surface area contributed by atoms with Crippen molar-refractivity contribution in [1.29, 1.82) is 0 Å². The molecule has 2 heteroatoms. The van der Waals surface area contributed by atoms with E-state index in [1.807, 2.05) is 12.1 Å². The zero-order valence-electron chi connectivity index (χ0n) is 10.7.